The van der Waals surface area contributed by atoms with Crippen LogP contribution in [0.1, 0.15) is 30.4 Å². The minimum absolute atomic E-state index is 0.214. The number of fused-ring (bicyclic) bond motifs is 1. The Morgan fingerprint density at radius 2 is 1.96 bits per heavy atom. The first-order chi connectivity index (χ1) is 11.8. The second-order valence-corrected chi connectivity index (χ2v) is 5.83. The van der Waals surface area contributed by atoms with E-state index in [1.54, 1.807) is 18.2 Å². The Morgan fingerprint density at radius 1 is 1.20 bits per heavy atom. The maximum Gasteiger partial charge on any atom is 0.419 e. The Labute approximate surface area is 145 Å². The highest BCUT2D eigenvalue weighted by Gasteiger charge is 2.34. The van der Waals surface area contributed by atoms with Crippen LogP contribution in [0, 0.1) is 5.82 Å². The summed E-state index contributed by atoms with van der Waals surface area (Å²) in [6, 6.07) is 7.81. The molecule has 2 nitrogen and oxygen atoms in total. The molecule has 0 bridgehead atoms. The van der Waals surface area contributed by atoms with Gasteiger partial charge in [0.1, 0.15) is 11.3 Å². The van der Waals surface area contributed by atoms with E-state index in [4.69, 9.17) is 16.0 Å². The van der Waals surface area contributed by atoms with Gasteiger partial charge in [0.05, 0.1) is 5.56 Å². The zero-order valence-electron chi connectivity index (χ0n) is 13.0. The Hall–Kier alpha value is -2.34. The van der Waals surface area contributed by atoms with Crippen LogP contribution in [0.2, 0.25) is 5.02 Å². The molecule has 0 fully saturated rings. The van der Waals surface area contributed by atoms with E-state index < -0.39 is 17.6 Å². The van der Waals surface area contributed by atoms with Gasteiger partial charge in [-0.1, -0.05) is 24.6 Å². The molecule has 0 unspecified atom stereocenters. The van der Waals surface area contributed by atoms with E-state index in [9.17, 15) is 17.6 Å². The van der Waals surface area contributed by atoms with Crippen LogP contribution >= 0.6 is 11.6 Å². The largest absolute Gasteiger partial charge is 0.436 e. The molecule has 1 aromatic heterocycles. The number of hydrogen-bond donors (Lipinski definition) is 0. The van der Waals surface area contributed by atoms with Crippen LogP contribution in [-0.4, -0.2) is 4.98 Å². The summed E-state index contributed by atoms with van der Waals surface area (Å²) in [7, 11) is 0. The molecule has 0 aliphatic carbocycles. The van der Waals surface area contributed by atoms with Gasteiger partial charge in [-0.2, -0.15) is 13.2 Å². The summed E-state index contributed by atoms with van der Waals surface area (Å²) in [5, 5.41) is 0.503. The molecule has 130 valence electrons. The fraction of sp³-hybridized carbons (Fsp3) is 0.167. The van der Waals surface area contributed by atoms with Gasteiger partial charge in [-0.05, 0) is 48.4 Å². The average molecular weight is 370 g/mol. The monoisotopic (exact) mass is 369 g/mol. The molecule has 1 heterocycles. The van der Waals surface area contributed by atoms with Crippen LogP contribution in [0.15, 0.2) is 40.8 Å². The predicted octanol–water partition coefficient (Wildman–Crippen LogP) is 6.59. The SMILES string of the molecule is CC/C(=C\c1ccc(F)c(C(F)(F)F)c1)c1nc2cc(Cl)ccc2o1. The maximum atomic E-state index is 13.4. The molecule has 0 amide bonds. The smallest absolute Gasteiger partial charge is 0.419 e. The van der Waals surface area contributed by atoms with Gasteiger partial charge in [-0.25, -0.2) is 9.37 Å². The van der Waals surface area contributed by atoms with Gasteiger partial charge < -0.3 is 4.42 Å². The van der Waals surface area contributed by atoms with Crippen LogP contribution in [0.4, 0.5) is 17.6 Å². The molecular weight excluding hydrogens is 358 g/mol. The van der Waals surface area contributed by atoms with Gasteiger partial charge in [0, 0.05) is 10.6 Å². The lowest BCUT2D eigenvalue weighted by molar-refractivity contribution is -0.140. The van der Waals surface area contributed by atoms with Crippen molar-refractivity contribution in [2.75, 3.05) is 0 Å². The minimum atomic E-state index is -4.76. The van der Waals surface area contributed by atoms with Crippen molar-refractivity contribution in [3.63, 3.8) is 0 Å². The van der Waals surface area contributed by atoms with E-state index >= 15 is 0 Å². The summed E-state index contributed by atoms with van der Waals surface area (Å²) in [6.45, 7) is 1.82. The van der Waals surface area contributed by atoms with E-state index in [0.29, 0.717) is 28.1 Å². The van der Waals surface area contributed by atoms with Crippen molar-refractivity contribution in [1.29, 1.82) is 0 Å². The number of oxazole rings is 1. The molecule has 0 spiro atoms. The number of hydrogen-bond acceptors (Lipinski definition) is 2. The fourth-order valence-corrected chi connectivity index (χ4v) is 2.57. The lowest BCUT2D eigenvalue weighted by Gasteiger charge is -2.09. The van der Waals surface area contributed by atoms with Crippen molar-refractivity contribution in [1.82, 2.24) is 4.98 Å². The molecule has 2 aromatic carbocycles. The first-order valence-electron chi connectivity index (χ1n) is 7.41. The Balaban J connectivity index is 2.05. The number of aromatic nitrogens is 1. The molecule has 0 saturated heterocycles. The molecule has 3 rings (SSSR count). The number of benzene rings is 2. The molecule has 0 N–H and O–H groups in total. The highest BCUT2D eigenvalue weighted by atomic mass is 35.5. The summed E-state index contributed by atoms with van der Waals surface area (Å²) in [5.41, 5.74) is 0.574. The van der Waals surface area contributed by atoms with Crippen LogP contribution in [0.25, 0.3) is 22.7 Å². The van der Waals surface area contributed by atoms with Crippen molar-refractivity contribution in [3.8, 4) is 0 Å². The zero-order chi connectivity index (χ0) is 18.2. The van der Waals surface area contributed by atoms with Gasteiger partial charge in [-0.3, -0.25) is 0 Å². The second kappa shape index (κ2) is 6.52. The van der Waals surface area contributed by atoms with Crippen LogP contribution in [-0.2, 0) is 6.18 Å². The highest BCUT2D eigenvalue weighted by molar-refractivity contribution is 6.31. The first-order valence-corrected chi connectivity index (χ1v) is 7.79. The number of allylic oxidation sites excluding steroid dienone is 1. The van der Waals surface area contributed by atoms with Crippen molar-refractivity contribution in [2.45, 2.75) is 19.5 Å². The van der Waals surface area contributed by atoms with Crippen molar-refractivity contribution in [2.24, 2.45) is 0 Å². The van der Waals surface area contributed by atoms with Gasteiger partial charge in [0.2, 0.25) is 5.89 Å². The van der Waals surface area contributed by atoms with Crippen molar-refractivity contribution >= 4 is 34.3 Å². The molecule has 3 aromatic rings. The summed E-state index contributed by atoms with van der Waals surface area (Å²) >= 11 is 5.91. The Kier molecular flexibility index (Phi) is 4.56. The Morgan fingerprint density at radius 3 is 2.64 bits per heavy atom. The minimum Gasteiger partial charge on any atom is -0.436 e. The molecule has 0 saturated carbocycles. The van der Waals surface area contributed by atoms with E-state index in [2.05, 4.69) is 4.98 Å². The predicted molar refractivity (Wildman–Crippen MR) is 88.6 cm³/mol. The van der Waals surface area contributed by atoms with Crippen LogP contribution in [0.5, 0.6) is 0 Å². The van der Waals surface area contributed by atoms with Crippen LogP contribution < -0.4 is 0 Å². The highest BCUT2D eigenvalue weighted by Crippen LogP contribution is 2.33. The maximum absolute atomic E-state index is 13.4. The molecular formula is C18H12ClF4NO. The molecule has 0 aliphatic heterocycles. The number of halogens is 5. The third kappa shape index (κ3) is 3.69. The number of nitrogens with zero attached hydrogens (tertiary/aromatic N) is 1. The lowest BCUT2D eigenvalue weighted by atomic mass is 10.1. The quantitative estimate of drug-likeness (QED) is 0.487. The van der Waals surface area contributed by atoms with E-state index in [1.165, 1.54) is 12.1 Å². The number of rotatable bonds is 3. The summed E-state index contributed by atoms with van der Waals surface area (Å²) in [6.07, 6.45) is -2.78. The third-order valence-electron chi connectivity index (χ3n) is 3.64. The Bertz CT molecular complexity index is 959. The van der Waals surface area contributed by atoms with Crippen LogP contribution in [0.3, 0.4) is 0 Å². The molecule has 25 heavy (non-hydrogen) atoms. The standard InChI is InChI=1S/C18H12ClF4NO/c1-2-11(17-24-15-9-12(19)4-6-16(15)25-17)7-10-3-5-14(20)13(8-10)18(21,22)23/h3-9H,2H2,1H3/b11-7+. The summed E-state index contributed by atoms with van der Waals surface area (Å²) in [4.78, 5) is 4.31. The number of alkyl halides is 3. The second-order valence-electron chi connectivity index (χ2n) is 5.39. The zero-order valence-corrected chi connectivity index (χ0v) is 13.7. The van der Waals surface area contributed by atoms with Crippen molar-refractivity contribution in [3.05, 3.63) is 64.3 Å². The van der Waals surface area contributed by atoms with Gasteiger partial charge >= 0.3 is 6.18 Å². The lowest BCUT2D eigenvalue weighted by Crippen LogP contribution is -2.08. The molecule has 7 heteroatoms. The van der Waals surface area contributed by atoms with Gasteiger partial charge in [-0.15, -0.1) is 0 Å². The fourth-order valence-electron chi connectivity index (χ4n) is 2.40. The first kappa shape index (κ1) is 17.5. The van der Waals surface area contributed by atoms with E-state index in [1.807, 2.05) is 6.92 Å². The summed E-state index contributed by atoms with van der Waals surface area (Å²) < 4.78 is 57.6. The van der Waals surface area contributed by atoms with Gasteiger partial charge in [0.15, 0.2) is 5.58 Å². The van der Waals surface area contributed by atoms with Crippen molar-refractivity contribution < 1.29 is 22.0 Å². The average Bonchev–Trinajstić information content (AvgIpc) is 2.95. The summed E-state index contributed by atoms with van der Waals surface area (Å²) in [5.74, 6) is -1.02. The molecule has 0 atom stereocenters. The third-order valence-corrected chi connectivity index (χ3v) is 3.88. The molecule has 0 radical (unpaired) electrons. The van der Waals surface area contributed by atoms with E-state index in [-0.39, 0.29) is 11.5 Å². The van der Waals surface area contributed by atoms with E-state index in [0.717, 1.165) is 12.1 Å². The topological polar surface area (TPSA) is 26.0 Å². The van der Waals surface area contributed by atoms with Gasteiger partial charge in [0.25, 0.3) is 0 Å². The molecule has 0 aliphatic rings. The normalized spacial score (nSPS) is 12.8.